The fraction of sp³-hybridized carbons (Fsp3) is 0.231. The average Bonchev–Trinajstić information content (AvgIpc) is 2.80. The van der Waals surface area contributed by atoms with E-state index in [2.05, 4.69) is 10.0 Å². The molecule has 0 saturated heterocycles. The Labute approximate surface area is 215 Å². The van der Waals surface area contributed by atoms with Crippen LogP contribution in [-0.4, -0.2) is 45.2 Å². The topological polar surface area (TPSA) is 122 Å². The number of halogens is 1. The highest BCUT2D eigenvalue weighted by Crippen LogP contribution is 2.28. The van der Waals surface area contributed by atoms with Crippen molar-refractivity contribution in [2.24, 2.45) is 0 Å². The largest absolute Gasteiger partial charge is 0.480 e. The van der Waals surface area contributed by atoms with Crippen LogP contribution in [0.2, 0.25) is 5.02 Å². The van der Waals surface area contributed by atoms with Gasteiger partial charge in [-0.3, -0.25) is 9.52 Å². The third kappa shape index (κ3) is 6.23. The van der Waals surface area contributed by atoms with Crippen LogP contribution in [-0.2, 0) is 19.6 Å². The number of sulfonamides is 1. The van der Waals surface area contributed by atoms with E-state index >= 15 is 0 Å². The highest BCUT2D eigenvalue weighted by molar-refractivity contribution is 7.92. The fourth-order valence-electron chi connectivity index (χ4n) is 3.69. The number of carboxylic acids is 1. The number of nitrogens with one attached hydrogen (secondary N) is 2. The number of benzene rings is 3. The number of carbonyl (C=O) groups is 2. The lowest BCUT2D eigenvalue weighted by Gasteiger charge is -2.15. The minimum absolute atomic E-state index is 0.147. The molecule has 0 aliphatic carbocycles. The van der Waals surface area contributed by atoms with Crippen LogP contribution in [0.5, 0.6) is 0 Å². The summed E-state index contributed by atoms with van der Waals surface area (Å²) < 4.78 is 33.5. The molecule has 8 nitrogen and oxygen atoms in total. The molecule has 0 aromatic heterocycles. The lowest BCUT2D eigenvalue weighted by atomic mass is 9.99. The van der Waals surface area contributed by atoms with Gasteiger partial charge < -0.3 is 15.2 Å². The molecule has 3 N–H and O–H groups in total. The van der Waals surface area contributed by atoms with Crippen molar-refractivity contribution < 1.29 is 27.9 Å². The molecule has 0 radical (unpaired) electrons. The second-order valence-corrected chi connectivity index (χ2v) is 10.5. The van der Waals surface area contributed by atoms with Gasteiger partial charge in [-0.1, -0.05) is 35.9 Å². The number of amides is 1. The molecule has 3 rings (SSSR count). The van der Waals surface area contributed by atoms with Gasteiger partial charge in [-0.15, -0.1) is 0 Å². The van der Waals surface area contributed by atoms with E-state index in [-0.39, 0.29) is 11.5 Å². The molecule has 0 aliphatic rings. The normalized spacial score (nSPS) is 12.1. The zero-order chi connectivity index (χ0) is 26.6. The number of aliphatic carboxylic acids is 1. The zero-order valence-corrected chi connectivity index (χ0v) is 21.8. The second kappa shape index (κ2) is 11.1. The molecular weight excluding hydrogens is 504 g/mol. The third-order valence-corrected chi connectivity index (χ3v) is 7.53. The molecule has 1 amide bonds. The Morgan fingerprint density at radius 1 is 0.972 bits per heavy atom. The SMILES string of the molecule is COCC(NC(=O)c1ccc(-c2cccc(NS(=O)(=O)c3cc(C)c(Cl)cc3C)c2)cc1C)C(=O)O. The molecule has 10 heteroatoms. The summed E-state index contributed by atoms with van der Waals surface area (Å²) in [4.78, 5) is 24.1. The van der Waals surface area contributed by atoms with Crippen molar-refractivity contribution in [3.63, 3.8) is 0 Å². The molecule has 1 unspecified atom stereocenters. The second-order valence-electron chi connectivity index (χ2n) is 8.40. The van der Waals surface area contributed by atoms with Crippen LogP contribution in [0.4, 0.5) is 5.69 Å². The van der Waals surface area contributed by atoms with Gasteiger partial charge >= 0.3 is 5.97 Å². The maximum Gasteiger partial charge on any atom is 0.328 e. The number of carbonyl (C=O) groups excluding carboxylic acids is 1. The molecular formula is C26H27ClN2O6S. The smallest absolute Gasteiger partial charge is 0.328 e. The van der Waals surface area contributed by atoms with Crippen LogP contribution in [0.15, 0.2) is 59.5 Å². The molecule has 0 saturated carbocycles. The molecule has 1 atom stereocenters. The molecule has 0 fully saturated rings. The van der Waals surface area contributed by atoms with E-state index in [9.17, 15) is 23.1 Å². The van der Waals surface area contributed by atoms with Gasteiger partial charge in [0.05, 0.1) is 11.5 Å². The van der Waals surface area contributed by atoms with Crippen molar-refractivity contribution in [2.75, 3.05) is 18.4 Å². The molecule has 0 bridgehead atoms. The lowest BCUT2D eigenvalue weighted by Crippen LogP contribution is -2.44. The van der Waals surface area contributed by atoms with Crippen LogP contribution in [0.25, 0.3) is 11.1 Å². The number of carboxylic acid groups (broad SMARTS) is 1. The Balaban J connectivity index is 1.85. The maximum absolute atomic E-state index is 13.0. The summed E-state index contributed by atoms with van der Waals surface area (Å²) in [6.07, 6.45) is 0. The van der Waals surface area contributed by atoms with Crippen molar-refractivity contribution in [3.8, 4) is 11.1 Å². The first-order valence-corrected chi connectivity index (χ1v) is 12.8. The molecule has 190 valence electrons. The van der Waals surface area contributed by atoms with Crippen LogP contribution in [0, 0.1) is 20.8 Å². The van der Waals surface area contributed by atoms with Gasteiger partial charge in [0.2, 0.25) is 0 Å². The average molecular weight is 531 g/mol. The lowest BCUT2D eigenvalue weighted by molar-refractivity contribution is -0.140. The highest BCUT2D eigenvalue weighted by atomic mass is 35.5. The van der Waals surface area contributed by atoms with Crippen LogP contribution in [0.3, 0.4) is 0 Å². The maximum atomic E-state index is 13.0. The summed E-state index contributed by atoms with van der Waals surface area (Å²) in [5, 5.41) is 12.2. The molecule has 0 spiro atoms. The molecule has 3 aromatic rings. The van der Waals surface area contributed by atoms with Gasteiger partial charge in [-0.25, -0.2) is 13.2 Å². The number of hydrogen-bond acceptors (Lipinski definition) is 5. The molecule has 3 aromatic carbocycles. The van der Waals surface area contributed by atoms with Crippen LogP contribution in [0.1, 0.15) is 27.0 Å². The number of anilines is 1. The minimum Gasteiger partial charge on any atom is -0.480 e. The highest BCUT2D eigenvalue weighted by Gasteiger charge is 2.22. The Morgan fingerprint density at radius 2 is 1.67 bits per heavy atom. The van der Waals surface area contributed by atoms with Crippen molar-refractivity contribution in [2.45, 2.75) is 31.7 Å². The van der Waals surface area contributed by atoms with Gasteiger partial charge in [0, 0.05) is 23.4 Å². The number of hydrogen-bond donors (Lipinski definition) is 3. The van der Waals surface area contributed by atoms with E-state index < -0.39 is 27.9 Å². The summed E-state index contributed by atoms with van der Waals surface area (Å²) in [7, 11) is -2.50. The van der Waals surface area contributed by atoms with E-state index in [0.717, 1.165) is 11.1 Å². The Bertz CT molecular complexity index is 1420. The Morgan fingerprint density at radius 3 is 2.31 bits per heavy atom. The monoisotopic (exact) mass is 530 g/mol. The van der Waals surface area contributed by atoms with Crippen LogP contribution >= 0.6 is 11.6 Å². The Hall–Kier alpha value is -3.40. The van der Waals surface area contributed by atoms with Gasteiger partial charge in [0.25, 0.3) is 15.9 Å². The van der Waals surface area contributed by atoms with Gasteiger partial charge in [-0.2, -0.15) is 0 Å². The zero-order valence-electron chi connectivity index (χ0n) is 20.3. The van der Waals surface area contributed by atoms with E-state index in [0.29, 0.717) is 33.0 Å². The van der Waals surface area contributed by atoms with E-state index in [1.165, 1.54) is 7.11 Å². The predicted molar refractivity (Wildman–Crippen MR) is 139 cm³/mol. The summed E-state index contributed by atoms with van der Waals surface area (Å²) >= 11 is 6.11. The number of methoxy groups -OCH3 is 1. The minimum atomic E-state index is -3.85. The first kappa shape index (κ1) is 27.2. The fourth-order valence-corrected chi connectivity index (χ4v) is 5.27. The predicted octanol–water partition coefficient (Wildman–Crippen LogP) is 4.56. The van der Waals surface area contributed by atoms with Crippen molar-refractivity contribution in [1.29, 1.82) is 0 Å². The van der Waals surface area contributed by atoms with E-state index in [1.807, 2.05) is 6.07 Å². The van der Waals surface area contributed by atoms with Crippen molar-refractivity contribution >= 4 is 39.2 Å². The first-order chi connectivity index (χ1) is 16.9. The quantitative estimate of drug-likeness (QED) is 0.373. The summed E-state index contributed by atoms with van der Waals surface area (Å²) in [6.45, 7) is 5.01. The number of ether oxygens (including phenoxy) is 1. The molecule has 36 heavy (non-hydrogen) atoms. The van der Waals surface area contributed by atoms with Crippen molar-refractivity contribution in [3.05, 3.63) is 81.9 Å². The molecule has 0 heterocycles. The summed E-state index contributed by atoms with van der Waals surface area (Å²) in [5.74, 6) is -1.72. The summed E-state index contributed by atoms with van der Waals surface area (Å²) in [6, 6.07) is 14.0. The van der Waals surface area contributed by atoms with Gasteiger partial charge in [0.1, 0.15) is 0 Å². The Kier molecular flexibility index (Phi) is 8.39. The van der Waals surface area contributed by atoms with E-state index in [1.54, 1.807) is 69.3 Å². The van der Waals surface area contributed by atoms with E-state index in [4.69, 9.17) is 16.3 Å². The van der Waals surface area contributed by atoms with Crippen LogP contribution < -0.4 is 10.0 Å². The van der Waals surface area contributed by atoms with Gasteiger partial charge in [0.15, 0.2) is 6.04 Å². The van der Waals surface area contributed by atoms with Gasteiger partial charge in [-0.05, 0) is 78.9 Å². The summed E-state index contributed by atoms with van der Waals surface area (Å²) in [5.41, 5.74) is 4.02. The first-order valence-electron chi connectivity index (χ1n) is 11.0. The number of rotatable bonds is 9. The third-order valence-electron chi connectivity index (χ3n) is 5.60. The molecule has 0 aliphatic heterocycles. The van der Waals surface area contributed by atoms with Crippen molar-refractivity contribution in [1.82, 2.24) is 5.32 Å². The standard InChI is InChI=1S/C26H27ClN2O6S/c1-15-10-19(8-9-21(15)25(30)28-23(14-35-4)26(31)32)18-6-5-7-20(13-18)29-36(33,34)24-12-16(2)22(27)11-17(24)3/h5-13,23,29H,14H2,1-4H3,(H,28,30)(H,31,32). The number of aryl methyl sites for hydroxylation is 3.